The number of thioether (sulfide) groups is 1. The maximum Gasteiger partial charge on any atom is 0.341 e. The zero-order valence-electron chi connectivity index (χ0n) is 22.7. The van der Waals surface area contributed by atoms with E-state index >= 15 is 0 Å². The minimum absolute atomic E-state index is 0.0354. The Hall–Kier alpha value is -4.16. The second-order valence-electron chi connectivity index (χ2n) is 9.20. The van der Waals surface area contributed by atoms with Gasteiger partial charge in [0.2, 0.25) is 11.8 Å². The number of carboxylic acid groups (broad SMARTS) is 1. The van der Waals surface area contributed by atoms with Crippen molar-refractivity contribution in [1.82, 2.24) is 4.90 Å². The molecule has 1 unspecified atom stereocenters. The van der Waals surface area contributed by atoms with E-state index in [-0.39, 0.29) is 29.5 Å². The number of ether oxygens (including phenoxy) is 1. The maximum atomic E-state index is 13.2. The van der Waals surface area contributed by atoms with E-state index in [1.54, 1.807) is 55.1 Å². The van der Waals surface area contributed by atoms with Gasteiger partial charge in [0, 0.05) is 28.9 Å². The highest BCUT2D eigenvalue weighted by Crippen LogP contribution is 2.38. The standard InChI is InChI=1S/C29H29N3O7S2/c1-4-39-29(38)24-22-12-13-32(17(3)33)15-23(22)41-27(24)31-25(34)16(2)40-19-9-7-8-18(14-19)30-26(35)20-10-5-6-11-21(20)28(36)37/h5-11,14,16H,4,12-13,15H2,1-3H3,(H,30,35)(H,31,34)(H,36,37). The summed E-state index contributed by atoms with van der Waals surface area (Å²) in [6, 6.07) is 12.8. The van der Waals surface area contributed by atoms with E-state index in [1.807, 2.05) is 0 Å². The van der Waals surface area contributed by atoms with Crippen molar-refractivity contribution in [1.29, 1.82) is 0 Å². The third kappa shape index (κ3) is 6.95. The number of carbonyl (C=O) groups is 5. The first kappa shape index (κ1) is 29.8. The molecule has 41 heavy (non-hydrogen) atoms. The van der Waals surface area contributed by atoms with Crippen molar-refractivity contribution >= 4 is 63.4 Å². The molecule has 0 spiro atoms. The van der Waals surface area contributed by atoms with Crippen molar-refractivity contribution in [3.8, 4) is 0 Å². The lowest BCUT2D eigenvalue weighted by atomic mass is 10.0. The molecule has 12 heteroatoms. The minimum Gasteiger partial charge on any atom is -0.478 e. The van der Waals surface area contributed by atoms with Crippen LogP contribution in [0.1, 0.15) is 62.3 Å². The lowest BCUT2D eigenvalue weighted by Gasteiger charge is -2.25. The number of amides is 3. The van der Waals surface area contributed by atoms with E-state index in [0.717, 1.165) is 10.4 Å². The lowest BCUT2D eigenvalue weighted by Crippen LogP contribution is -2.34. The van der Waals surface area contributed by atoms with Gasteiger partial charge in [0.15, 0.2) is 0 Å². The Balaban J connectivity index is 1.47. The molecule has 0 bridgehead atoms. The van der Waals surface area contributed by atoms with Gasteiger partial charge in [-0.05, 0) is 56.2 Å². The van der Waals surface area contributed by atoms with Crippen LogP contribution in [-0.2, 0) is 27.3 Å². The minimum atomic E-state index is -1.20. The predicted molar refractivity (Wildman–Crippen MR) is 157 cm³/mol. The number of thiophene rings is 1. The Labute approximate surface area is 245 Å². The molecule has 4 rings (SSSR count). The summed E-state index contributed by atoms with van der Waals surface area (Å²) in [6.45, 7) is 5.99. The first-order chi connectivity index (χ1) is 19.6. The summed E-state index contributed by atoms with van der Waals surface area (Å²) in [5, 5.41) is 14.8. The SMILES string of the molecule is CCOC(=O)c1c(NC(=O)C(C)Sc2cccc(NC(=O)c3ccccc3C(=O)O)c2)sc2c1CCN(C(C)=O)C2. The van der Waals surface area contributed by atoms with Crippen LogP contribution in [0.5, 0.6) is 0 Å². The Morgan fingerprint density at radius 3 is 2.49 bits per heavy atom. The van der Waals surface area contributed by atoms with Crippen LogP contribution in [-0.4, -0.2) is 58.1 Å². The first-order valence-electron chi connectivity index (χ1n) is 12.9. The van der Waals surface area contributed by atoms with Gasteiger partial charge >= 0.3 is 11.9 Å². The third-order valence-corrected chi connectivity index (χ3v) is 8.62. The molecule has 0 fully saturated rings. The molecule has 1 aliphatic rings. The van der Waals surface area contributed by atoms with Crippen LogP contribution < -0.4 is 10.6 Å². The highest BCUT2D eigenvalue weighted by Gasteiger charge is 2.31. The molecular formula is C29H29N3O7S2. The van der Waals surface area contributed by atoms with Crippen LogP contribution in [0.15, 0.2) is 53.4 Å². The number of aromatic carboxylic acids is 1. The van der Waals surface area contributed by atoms with E-state index in [2.05, 4.69) is 10.6 Å². The fourth-order valence-corrected chi connectivity index (χ4v) is 6.54. The molecule has 3 aromatic rings. The second kappa shape index (κ2) is 13.0. The Morgan fingerprint density at radius 1 is 1.07 bits per heavy atom. The molecule has 2 aromatic carbocycles. The molecule has 1 aromatic heterocycles. The van der Waals surface area contributed by atoms with Crippen LogP contribution >= 0.6 is 23.1 Å². The molecule has 2 heterocycles. The van der Waals surface area contributed by atoms with Crippen LogP contribution in [0.3, 0.4) is 0 Å². The fraction of sp³-hybridized carbons (Fsp3) is 0.276. The van der Waals surface area contributed by atoms with Gasteiger partial charge in [-0.1, -0.05) is 18.2 Å². The third-order valence-electron chi connectivity index (χ3n) is 6.39. The molecule has 10 nitrogen and oxygen atoms in total. The average molecular weight is 596 g/mol. The van der Waals surface area contributed by atoms with Gasteiger partial charge in [-0.25, -0.2) is 9.59 Å². The van der Waals surface area contributed by atoms with Gasteiger partial charge in [0.25, 0.3) is 5.91 Å². The van der Waals surface area contributed by atoms with Gasteiger partial charge < -0.3 is 25.4 Å². The van der Waals surface area contributed by atoms with Crippen molar-refractivity contribution in [2.75, 3.05) is 23.8 Å². The van der Waals surface area contributed by atoms with E-state index in [1.165, 1.54) is 42.2 Å². The van der Waals surface area contributed by atoms with Crippen molar-refractivity contribution in [2.24, 2.45) is 0 Å². The van der Waals surface area contributed by atoms with Crippen molar-refractivity contribution in [3.63, 3.8) is 0 Å². The van der Waals surface area contributed by atoms with Crippen LogP contribution in [0, 0.1) is 0 Å². The summed E-state index contributed by atoms with van der Waals surface area (Å²) in [7, 11) is 0. The first-order valence-corrected chi connectivity index (χ1v) is 14.6. The van der Waals surface area contributed by atoms with Gasteiger partial charge in [-0.2, -0.15) is 0 Å². The highest BCUT2D eigenvalue weighted by atomic mass is 32.2. The molecule has 0 saturated carbocycles. The molecule has 214 valence electrons. The molecule has 0 aliphatic carbocycles. The Morgan fingerprint density at radius 2 is 1.80 bits per heavy atom. The number of fused-ring (bicyclic) bond motifs is 1. The molecule has 3 amide bonds. The zero-order chi connectivity index (χ0) is 29.7. The number of nitrogens with zero attached hydrogens (tertiary/aromatic N) is 1. The zero-order valence-corrected chi connectivity index (χ0v) is 24.3. The Kier molecular flexibility index (Phi) is 9.46. The van der Waals surface area contributed by atoms with Crippen LogP contribution in [0.4, 0.5) is 10.7 Å². The monoisotopic (exact) mass is 595 g/mol. The van der Waals surface area contributed by atoms with Gasteiger partial charge in [0.1, 0.15) is 5.00 Å². The van der Waals surface area contributed by atoms with Gasteiger partial charge in [0.05, 0.1) is 35.1 Å². The summed E-state index contributed by atoms with van der Waals surface area (Å²) in [5.74, 6) is -2.65. The molecule has 0 saturated heterocycles. The average Bonchev–Trinajstić information content (AvgIpc) is 3.30. The number of anilines is 2. The Bertz CT molecular complexity index is 1520. The van der Waals surface area contributed by atoms with E-state index in [0.29, 0.717) is 40.7 Å². The van der Waals surface area contributed by atoms with Crippen molar-refractivity contribution < 1.29 is 33.8 Å². The lowest BCUT2D eigenvalue weighted by molar-refractivity contribution is -0.129. The summed E-state index contributed by atoms with van der Waals surface area (Å²) in [4.78, 5) is 65.4. The number of carboxylic acids is 1. The molecular weight excluding hydrogens is 566 g/mol. The van der Waals surface area contributed by atoms with Gasteiger partial charge in [-0.3, -0.25) is 14.4 Å². The quantitative estimate of drug-likeness (QED) is 0.234. The predicted octanol–water partition coefficient (Wildman–Crippen LogP) is 4.90. The number of benzene rings is 2. The summed E-state index contributed by atoms with van der Waals surface area (Å²) < 4.78 is 5.27. The van der Waals surface area contributed by atoms with Crippen molar-refractivity contribution in [3.05, 3.63) is 75.7 Å². The van der Waals surface area contributed by atoms with Gasteiger partial charge in [-0.15, -0.1) is 23.1 Å². The number of hydrogen-bond donors (Lipinski definition) is 3. The second-order valence-corrected chi connectivity index (χ2v) is 11.7. The normalized spacial score (nSPS) is 13.1. The largest absolute Gasteiger partial charge is 0.478 e. The van der Waals surface area contributed by atoms with E-state index in [9.17, 15) is 29.1 Å². The number of rotatable bonds is 9. The molecule has 3 N–H and O–H groups in total. The highest BCUT2D eigenvalue weighted by molar-refractivity contribution is 8.00. The van der Waals surface area contributed by atoms with Crippen LogP contribution in [0.25, 0.3) is 0 Å². The van der Waals surface area contributed by atoms with E-state index < -0.39 is 23.1 Å². The maximum absolute atomic E-state index is 13.2. The summed E-state index contributed by atoms with van der Waals surface area (Å²) in [6.07, 6.45) is 0.495. The van der Waals surface area contributed by atoms with Crippen molar-refractivity contribution in [2.45, 2.75) is 43.9 Å². The molecule has 0 radical (unpaired) electrons. The number of esters is 1. The molecule has 1 aliphatic heterocycles. The van der Waals surface area contributed by atoms with E-state index in [4.69, 9.17) is 4.74 Å². The molecule has 1 atom stereocenters. The number of carbonyl (C=O) groups excluding carboxylic acids is 4. The van der Waals surface area contributed by atoms with Crippen LogP contribution in [0.2, 0.25) is 0 Å². The fourth-order valence-electron chi connectivity index (χ4n) is 4.36. The number of hydrogen-bond acceptors (Lipinski definition) is 8. The number of nitrogens with one attached hydrogen (secondary N) is 2. The summed E-state index contributed by atoms with van der Waals surface area (Å²) in [5.41, 5.74) is 1.51. The smallest absolute Gasteiger partial charge is 0.341 e. The topological polar surface area (TPSA) is 142 Å². The summed E-state index contributed by atoms with van der Waals surface area (Å²) >= 11 is 2.53.